The van der Waals surface area contributed by atoms with Gasteiger partial charge in [-0.15, -0.1) is 0 Å². The molecule has 3 aromatic rings. The first-order chi connectivity index (χ1) is 12.5. The Morgan fingerprint density at radius 1 is 0.923 bits per heavy atom. The summed E-state index contributed by atoms with van der Waals surface area (Å²) in [4.78, 5) is 13.4. The van der Waals surface area contributed by atoms with Gasteiger partial charge >= 0.3 is 0 Å². The first-order valence-corrected chi connectivity index (χ1v) is 8.97. The van der Waals surface area contributed by atoms with Crippen molar-refractivity contribution in [2.24, 2.45) is 0 Å². The van der Waals surface area contributed by atoms with Gasteiger partial charge in [-0.25, -0.2) is 0 Å². The number of anilines is 1. The fourth-order valence-corrected chi connectivity index (χ4v) is 3.14. The zero-order valence-corrected chi connectivity index (χ0v) is 15.9. The molecule has 3 rings (SSSR count). The summed E-state index contributed by atoms with van der Waals surface area (Å²) < 4.78 is 10.8. The fraction of sp³-hybridized carbons (Fsp3) is 0.167. The Morgan fingerprint density at radius 2 is 1.50 bits per heavy atom. The third kappa shape index (κ3) is 5.05. The molecule has 26 heavy (non-hydrogen) atoms. The van der Waals surface area contributed by atoms with Gasteiger partial charge in [0.1, 0.15) is 13.1 Å². The quantitative estimate of drug-likeness (QED) is 0.573. The first-order valence-electron chi connectivity index (χ1n) is 7.84. The van der Waals surface area contributed by atoms with Crippen LogP contribution in [0.1, 0.15) is 11.5 Å². The van der Waals surface area contributed by atoms with Crippen molar-refractivity contribution in [3.63, 3.8) is 0 Å². The molecule has 0 aliphatic carbocycles. The van der Waals surface area contributed by atoms with Gasteiger partial charge in [-0.3, -0.25) is 4.79 Å². The monoisotopic (exact) mass is 413 g/mol. The number of carbonyl (C=O) groups excluding carboxylic acids is 1. The molecule has 0 aliphatic heterocycles. The van der Waals surface area contributed by atoms with Crippen LogP contribution in [0.5, 0.6) is 0 Å². The number of rotatable bonds is 7. The molecule has 0 radical (unpaired) electrons. The Bertz CT molecular complexity index is 828. The molecule has 1 amide bonds. The van der Waals surface area contributed by atoms with Crippen LogP contribution in [-0.2, 0) is 17.9 Å². The number of hydrogen-bond donors (Lipinski definition) is 2. The van der Waals surface area contributed by atoms with E-state index in [2.05, 4.69) is 5.32 Å². The molecule has 136 valence electrons. The van der Waals surface area contributed by atoms with E-state index in [9.17, 15) is 4.79 Å². The van der Waals surface area contributed by atoms with Gasteiger partial charge in [0.25, 0.3) is 5.91 Å². The molecule has 0 saturated heterocycles. The highest BCUT2D eigenvalue weighted by molar-refractivity contribution is 6.44. The van der Waals surface area contributed by atoms with Crippen LogP contribution in [0.15, 0.2) is 57.8 Å². The molecular formula is C18H16Cl3N2O3+. The van der Waals surface area contributed by atoms with Gasteiger partial charge < -0.3 is 19.1 Å². The number of furan rings is 2. The van der Waals surface area contributed by atoms with Gasteiger partial charge in [-0.1, -0.05) is 34.8 Å². The van der Waals surface area contributed by atoms with Gasteiger partial charge in [0.2, 0.25) is 0 Å². The highest BCUT2D eigenvalue weighted by Gasteiger charge is 2.19. The number of carbonyl (C=O) groups is 1. The molecular weight excluding hydrogens is 399 g/mol. The molecule has 0 bridgehead atoms. The zero-order chi connectivity index (χ0) is 18.5. The average Bonchev–Trinajstić information content (AvgIpc) is 3.26. The van der Waals surface area contributed by atoms with E-state index < -0.39 is 0 Å². The van der Waals surface area contributed by atoms with Gasteiger partial charge in [0, 0.05) is 0 Å². The predicted molar refractivity (Wildman–Crippen MR) is 101 cm³/mol. The SMILES string of the molecule is O=C(C[NH+](Cc1ccco1)Cc1ccco1)Nc1cc(Cl)c(Cl)cc1Cl. The minimum atomic E-state index is -0.210. The number of benzene rings is 1. The smallest absolute Gasteiger partial charge is 0.279 e. The molecule has 0 saturated carbocycles. The Kier molecular flexibility index (Phi) is 6.27. The van der Waals surface area contributed by atoms with E-state index in [1.165, 1.54) is 12.1 Å². The average molecular weight is 415 g/mol. The Balaban J connectivity index is 1.69. The van der Waals surface area contributed by atoms with Crippen LogP contribution >= 0.6 is 34.8 Å². The van der Waals surface area contributed by atoms with Crippen LogP contribution in [0.3, 0.4) is 0 Å². The summed E-state index contributed by atoms with van der Waals surface area (Å²) in [7, 11) is 0. The minimum absolute atomic E-state index is 0.192. The summed E-state index contributed by atoms with van der Waals surface area (Å²) in [5, 5.41) is 3.75. The van der Waals surface area contributed by atoms with E-state index in [1.54, 1.807) is 12.5 Å². The van der Waals surface area contributed by atoms with Crippen molar-refractivity contribution in [3.05, 3.63) is 75.5 Å². The largest absolute Gasteiger partial charge is 0.463 e. The molecule has 2 heterocycles. The molecule has 1 aromatic carbocycles. The van der Waals surface area contributed by atoms with Gasteiger partial charge in [0.15, 0.2) is 18.1 Å². The second kappa shape index (κ2) is 8.64. The van der Waals surface area contributed by atoms with Crippen molar-refractivity contribution in [2.75, 3.05) is 11.9 Å². The predicted octanol–water partition coefficient (Wildman–Crippen LogP) is 4.06. The summed E-state index contributed by atoms with van der Waals surface area (Å²) in [6.45, 7) is 1.27. The van der Waals surface area contributed by atoms with E-state index in [0.29, 0.717) is 33.8 Å². The lowest BCUT2D eigenvalue weighted by molar-refractivity contribution is -0.921. The van der Waals surface area contributed by atoms with Crippen molar-refractivity contribution >= 4 is 46.4 Å². The van der Waals surface area contributed by atoms with E-state index in [4.69, 9.17) is 43.6 Å². The van der Waals surface area contributed by atoms with Crippen LogP contribution in [0.25, 0.3) is 0 Å². The molecule has 5 nitrogen and oxygen atoms in total. The van der Waals surface area contributed by atoms with E-state index >= 15 is 0 Å². The third-order valence-corrected chi connectivity index (χ3v) is 4.74. The maximum atomic E-state index is 12.5. The highest BCUT2D eigenvalue weighted by Crippen LogP contribution is 2.32. The molecule has 0 atom stereocenters. The molecule has 8 heteroatoms. The maximum absolute atomic E-state index is 12.5. The number of hydrogen-bond acceptors (Lipinski definition) is 3. The van der Waals surface area contributed by atoms with Crippen LogP contribution in [0.2, 0.25) is 15.1 Å². The number of amides is 1. The minimum Gasteiger partial charge on any atom is -0.463 e. The second-order valence-corrected chi connectivity index (χ2v) is 6.95. The van der Waals surface area contributed by atoms with Gasteiger partial charge in [-0.2, -0.15) is 0 Å². The number of nitrogens with one attached hydrogen (secondary N) is 2. The lowest BCUT2D eigenvalue weighted by Gasteiger charge is -2.17. The number of halogens is 3. The van der Waals surface area contributed by atoms with Crippen molar-refractivity contribution in [1.82, 2.24) is 0 Å². The van der Waals surface area contributed by atoms with Crippen LogP contribution in [-0.4, -0.2) is 12.5 Å². The van der Waals surface area contributed by atoms with Gasteiger partial charge in [0.05, 0.1) is 33.3 Å². The molecule has 0 spiro atoms. The van der Waals surface area contributed by atoms with Crippen molar-refractivity contribution in [1.29, 1.82) is 0 Å². The van der Waals surface area contributed by atoms with Crippen LogP contribution in [0, 0.1) is 0 Å². The lowest BCUT2D eigenvalue weighted by Crippen LogP contribution is -3.10. The summed E-state index contributed by atoms with van der Waals surface area (Å²) in [6.07, 6.45) is 3.21. The van der Waals surface area contributed by atoms with Gasteiger partial charge in [-0.05, 0) is 36.4 Å². The number of quaternary nitrogens is 1. The molecule has 0 unspecified atom stereocenters. The van der Waals surface area contributed by atoms with Crippen molar-refractivity contribution in [2.45, 2.75) is 13.1 Å². The molecule has 2 N–H and O–H groups in total. The summed E-state index contributed by atoms with van der Waals surface area (Å²) in [5.74, 6) is 1.36. The normalized spacial score (nSPS) is 11.1. The zero-order valence-electron chi connectivity index (χ0n) is 13.6. The molecule has 2 aromatic heterocycles. The maximum Gasteiger partial charge on any atom is 0.279 e. The summed E-state index contributed by atoms with van der Waals surface area (Å²) >= 11 is 18.0. The lowest BCUT2D eigenvalue weighted by atomic mass is 10.3. The molecule has 0 aliphatic rings. The third-order valence-electron chi connectivity index (χ3n) is 3.70. The standard InChI is InChI=1S/C18H15Cl3N2O3/c19-14-7-16(21)17(8-15(14)20)22-18(24)11-23(9-12-3-1-5-25-12)10-13-4-2-6-26-13/h1-8H,9-11H2,(H,22,24)/p+1. The first kappa shape index (κ1) is 18.9. The Labute approximate surface area is 165 Å². The van der Waals surface area contributed by atoms with E-state index in [-0.39, 0.29) is 12.5 Å². The Hall–Kier alpha value is -1.92. The van der Waals surface area contributed by atoms with E-state index in [0.717, 1.165) is 16.4 Å². The second-order valence-electron chi connectivity index (χ2n) is 5.73. The van der Waals surface area contributed by atoms with E-state index in [1.807, 2.05) is 24.3 Å². The summed E-state index contributed by atoms with van der Waals surface area (Å²) in [6, 6.07) is 10.4. The fourth-order valence-electron chi connectivity index (χ4n) is 2.55. The topological polar surface area (TPSA) is 59.8 Å². The molecule has 0 fully saturated rings. The van der Waals surface area contributed by atoms with Crippen molar-refractivity contribution in [3.8, 4) is 0 Å². The Morgan fingerprint density at radius 3 is 2.04 bits per heavy atom. The highest BCUT2D eigenvalue weighted by atomic mass is 35.5. The van der Waals surface area contributed by atoms with Crippen LogP contribution < -0.4 is 10.2 Å². The summed E-state index contributed by atoms with van der Waals surface area (Å²) in [5.41, 5.74) is 0.418. The van der Waals surface area contributed by atoms with Crippen LogP contribution in [0.4, 0.5) is 5.69 Å². The van der Waals surface area contributed by atoms with Crippen molar-refractivity contribution < 1.29 is 18.5 Å².